The summed E-state index contributed by atoms with van der Waals surface area (Å²) in [6.45, 7) is 9.08. The lowest BCUT2D eigenvalue weighted by molar-refractivity contribution is -0.137. The van der Waals surface area contributed by atoms with E-state index in [0.29, 0.717) is 5.69 Å². The third-order valence-electron chi connectivity index (χ3n) is 6.37. The number of nitrogens with one attached hydrogen (secondary N) is 2. The van der Waals surface area contributed by atoms with Crippen LogP contribution in [0.5, 0.6) is 0 Å². The number of benzene rings is 2. The average Bonchev–Trinajstić information content (AvgIpc) is 3.28. The zero-order chi connectivity index (χ0) is 27.4. The zero-order valence-electron chi connectivity index (χ0n) is 21.9. The fourth-order valence-corrected chi connectivity index (χ4v) is 4.49. The first-order valence-electron chi connectivity index (χ1n) is 12.6. The quantitative estimate of drug-likeness (QED) is 0.466. The van der Waals surface area contributed by atoms with Gasteiger partial charge in [0, 0.05) is 17.8 Å². The molecule has 0 saturated carbocycles. The molecule has 2 aliphatic rings. The van der Waals surface area contributed by atoms with Gasteiger partial charge < -0.3 is 15.5 Å². The van der Waals surface area contributed by atoms with Crippen LogP contribution in [0.25, 0.3) is 0 Å². The van der Waals surface area contributed by atoms with Crippen molar-refractivity contribution in [1.82, 2.24) is 10.2 Å². The molecular weight excluding hydrogens is 491 g/mol. The van der Waals surface area contributed by atoms with Crippen molar-refractivity contribution in [3.05, 3.63) is 88.8 Å². The minimum Gasteiger partial charge on any atom is -0.364 e. The fourth-order valence-electron chi connectivity index (χ4n) is 4.49. The summed E-state index contributed by atoms with van der Waals surface area (Å²) in [6, 6.07) is 11.7. The van der Waals surface area contributed by atoms with Crippen molar-refractivity contribution in [2.24, 2.45) is 15.9 Å². The Labute approximate surface area is 221 Å². The molecule has 1 amide bonds. The van der Waals surface area contributed by atoms with Gasteiger partial charge in [-0.2, -0.15) is 13.2 Å². The summed E-state index contributed by atoms with van der Waals surface area (Å²) in [6.07, 6.45) is 2.44. The maximum atomic E-state index is 13.0. The van der Waals surface area contributed by atoms with Crippen molar-refractivity contribution in [1.29, 1.82) is 0 Å². The van der Waals surface area contributed by atoms with Crippen LogP contribution < -0.4 is 10.6 Å². The number of hydrogen-bond donors (Lipinski definition) is 2. The lowest BCUT2D eigenvalue weighted by Gasteiger charge is -2.23. The van der Waals surface area contributed by atoms with Gasteiger partial charge in [0.25, 0.3) is 5.91 Å². The summed E-state index contributed by atoms with van der Waals surface area (Å²) in [5, 5.41) is 6.19. The van der Waals surface area contributed by atoms with Crippen LogP contribution in [0, 0.1) is 5.92 Å². The van der Waals surface area contributed by atoms with E-state index >= 15 is 0 Å². The van der Waals surface area contributed by atoms with Gasteiger partial charge in [-0.15, -0.1) is 0 Å². The van der Waals surface area contributed by atoms with Crippen molar-refractivity contribution in [2.75, 3.05) is 11.9 Å². The van der Waals surface area contributed by atoms with Crippen LogP contribution in [0.4, 0.5) is 18.9 Å². The zero-order valence-corrected chi connectivity index (χ0v) is 21.9. The highest BCUT2D eigenvalue weighted by molar-refractivity contribution is 6.04. The topological polar surface area (TPSA) is 69.1 Å². The van der Waals surface area contributed by atoms with Gasteiger partial charge in [0.05, 0.1) is 24.0 Å². The Balaban J connectivity index is 1.51. The van der Waals surface area contributed by atoms with Gasteiger partial charge in [0.2, 0.25) is 0 Å². The van der Waals surface area contributed by atoms with Crippen LogP contribution >= 0.6 is 0 Å². The lowest BCUT2D eigenvalue weighted by atomic mass is 10.00. The minimum atomic E-state index is -4.52. The number of rotatable bonds is 5. The summed E-state index contributed by atoms with van der Waals surface area (Å²) in [4.78, 5) is 24.1. The Hall–Kier alpha value is -3.88. The monoisotopic (exact) mass is 523 g/mol. The van der Waals surface area contributed by atoms with E-state index in [1.165, 1.54) is 17.7 Å². The van der Waals surface area contributed by atoms with Crippen LogP contribution in [-0.2, 0) is 6.18 Å². The molecule has 4 rings (SSSR count). The second-order valence-electron chi connectivity index (χ2n) is 9.98. The highest BCUT2D eigenvalue weighted by Gasteiger charge is 2.31. The molecule has 3 atom stereocenters. The standard InChI is InChI=1S/C29H32F3N5O/c1-18-11-19(2)13-27(37-16-20(3)33-17-37)36-26(12-18)34-21(4)22-7-6-10-25(15-22)35-28(38)23-8-5-9-24(14-23)29(30,31)32/h5-10,12-15,17-18,20-21,34H,11,16H2,1-4H3,(H,35,38)/t18?,20?,21-/m0/s1. The Bertz CT molecular complexity index is 1310. The van der Waals surface area contributed by atoms with E-state index in [1.807, 2.05) is 24.2 Å². The number of hydrogen-bond acceptors (Lipinski definition) is 5. The first kappa shape index (κ1) is 27.2. The molecule has 0 spiro atoms. The number of allylic oxidation sites excluding steroid dienone is 2. The predicted octanol–water partition coefficient (Wildman–Crippen LogP) is 6.57. The molecular formula is C29H32F3N5O. The van der Waals surface area contributed by atoms with E-state index in [0.717, 1.165) is 42.3 Å². The van der Waals surface area contributed by atoms with E-state index in [9.17, 15) is 18.0 Å². The first-order valence-corrected chi connectivity index (χ1v) is 12.6. The number of aliphatic imine (C=N–C) groups is 2. The van der Waals surface area contributed by atoms with Crippen molar-refractivity contribution in [3.63, 3.8) is 0 Å². The number of anilines is 1. The molecule has 2 unspecified atom stereocenters. The van der Waals surface area contributed by atoms with E-state index in [1.54, 1.807) is 18.2 Å². The molecule has 0 fully saturated rings. The molecule has 0 radical (unpaired) electrons. The molecule has 2 aromatic carbocycles. The summed E-state index contributed by atoms with van der Waals surface area (Å²) >= 11 is 0. The molecule has 0 aromatic heterocycles. The van der Waals surface area contributed by atoms with Crippen LogP contribution in [0.15, 0.2) is 82.1 Å². The second-order valence-corrected chi connectivity index (χ2v) is 9.98. The van der Waals surface area contributed by atoms with Gasteiger partial charge in [-0.1, -0.05) is 30.7 Å². The van der Waals surface area contributed by atoms with Crippen molar-refractivity contribution in [3.8, 4) is 0 Å². The van der Waals surface area contributed by atoms with Gasteiger partial charge in [-0.05, 0) is 81.2 Å². The number of alkyl halides is 3. The lowest BCUT2D eigenvalue weighted by Crippen LogP contribution is -2.30. The highest BCUT2D eigenvalue weighted by Crippen LogP contribution is 2.30. The molecule has 9 heteroatoms. The molecule has 0 aliphatic carbocycles. The fraction of sp³-hybridized carbons (Fsp3) is 0.345. The summed E-state index contributed by atoms with van der Waals surface area (Å²) < 4.78 is 39.1. The molecule has 2 aromatic rings. The molecule has 0 saturated heterocycles. The van der Waals surface area contributed by atoms with E-state index in [2.05, 4.69) is 48.5 Å². The summed E-state index contributed by atoms with van der Waals surface area (Å²) in [7, 11) is 0. The molecule has 2 aliphatic heterocycles. The van der Waals surface area contributed by atoms with Crippen LogP contribution in [0.3, 0.4) is 0 Å². The Kier molecular flexibility index (Phi) is 8.04. The predicted molar refractivity (Wildman–Crippen MR) is 145 cm³/mol. The van der Waals surface area contributed by atoms with Crippen LogP contribution in [-0.4, -0.2) is 35.6 Å². The van der Waals surface area contributed by atoms with Crippen molar-refractivity contribution >= 4 is 23.8 Å². The van der Waals surface area contributed by atoms with Crippen LogP contribution in [0.2, 0.25) is 0 Å². The van der Waals surface area contributed by atoms with Gasteiger partial charge in [0.15, 0.2) is 0 Å². The largest absolute Gasteiger partial charge is 0.416 e. The minimum absolute atomic E-state index is 0.0601. The normalized spacial score (nSPS) is 20.6. The first-order chi connectivity index (χ1) is 18.0. The third-order valence-corrected chi connectivity index (χ3v) is 6.37. The number of nitrogens with zero attached hydrogens (tertiary/aromatic N) is 3. The van der Waals surface area contributed by atoms with E-state index in [-0.39, 0.29) is 23.6 Å². The molecule has 6 nitrogen and oxygen atoms in total. The maximum Gasteiger partial charge on any atom is 0.416 e. The molecule has 200 valence electrons. The molecule has 2 N–H and O–H groups in total. The molecule has 38 heavy (non-hydrogen) atoms. The number of amides is 1. The highest BCUT2D eigenvalue weighted by atomic mass is 19.4. The number of amidine groups is 1. The van der Waals surface area contributed by atoms with Gasteiger partial charge in [-0.25, -0.2) is 4.99 Å². The number of carbonyl (C=O) groups excluding carboxylic acids is 1. The summed E-state index contributed by atoms with van der Waals surface area (Å²) in [5.74, 6) is 1.25. The van der Waals surface area contributed by atoms with Gasteiger partial charge in [0.1, 0.15) is 11.7 Å². The van der Waals surface area contributed by atoms with Crippen LogP contribution in [0.1, 0.15) is 61.6 Å². The smallest absolute Gasteiger partial charge is 0.364 e. The molecule has 2 heterocycles. The Morgan fingerprint density at radius 3 is 2.61 bits per heavy atom. The number of carbonyl (C=O) groups is 1. The van der Waals surface area contributed by atoms with Gasteiger partial charge in [-0.3, -0.25) is 9.79 Å². The maximum absolute atomic E-state index is 13.0. The Morgan fingerprint density at radius 2 is 1.89 bits per heavy atom. The van der Waals surface area contributed by atoms with Gasteiger partial charge >= 0.3 is 6.18 Å². The van der Waals surface area contributed by atoms with E-state index in [4.69, 9.17) is 4.99 Å². The number of halogens is 3. The van der Waals surface area contributed by atoms with Crippen molar-refractivity contribution in [2.45, 2.75) is 52.4 Å². The average molecular weight is 524 g/mol. The second kappa shape index (κ2) is 11.2. The summed E-state index contributed by atoms with van der Waals surface area (Å²) in [5.41, 5.74) is 1.70. The van der Waals surface area contributed by atoms with Crippen molar-refractivity contribution < 1.29 is 18.0 Å². The SMILES string of the molecule is CC1=CC(N2C=NC(C)C2)=NC(N[C@@H](C)c2cccc(NC(=O)c3cccc(C(F)(F)F)c3)c2)=CC(C)C1. The third kappa shape index (κ3) is 6.90. The molecule has 0 bridgehead atoms. The Morgan fingerprint density at radius 1 is 1.13 bits per heavy atom. The van der Waals surface area contributed by atoms with E-state index < -0.39 is 17.6 Å².